The van der Waals surface area contributed by atoms with Gasteiger partial charge in [0.15, 0.2) is 0 Å². The summed E-state index contributed by atoms with van der Waals surface area (Å²) in [5, 5.41) is 3.02. The zero-order valence-electron chi connectivity index (χ0n) is 11.5. The Morgan fingerprint density at radius 1 is 1.22 bits per heavy atom. The van der Waals surface area contributed by atoms with Gasteiger partial charge in [0.1, 0.15) is 0 Å². The van der Waals surface area contributed by atoms with Crippen molar-refractivity contribution in [1.82, 2.24) is 5.32 Å². The van der Waals surface area contributed by atoms with Gasteiger partial charge in [0.2, 0.25) is 5.91 Å². The second kappa shape index (κ2) is 5.55. The molecule has 2 heteroatoms. The van der Waals surface area contributed by atoms with Crippen molar-refractivity contribution >= 4 is 5.91 Å². The fraction of sp³-hybridized carbons (Fsp3) is 0.562. The number of benzene rings is 1. The van der Waals surface area contributed by atoms with Crippen LogP contribution in [0.2, 0.25) is 0 Å². The molecule has 1 saturated carbocycles. The predicted octanol–water partition coefficient (Wildman–Crippen LogP) is 3.23. The molecule has 98 valence electrons. The second-order valence-electron chi connectivity index (χ2n) is 5.78. The van der Waals surface area contributed by atoms with Gasteiger partial charge in [-0.05, 0) is 37.2 Å². The van der Waals surface area contributed by atoms with Crippen molar-refractivity contribution in [2.24, 2.45) is 5.41 Å². The maximum Gasteiger partial charge on any atom is 0.216 e. The number of hydrogen-bond acceptors (Lipinski definition) is 1. The number of amides is 1. The largest absolute Gasteiger partial charge is 0.356 e. The molecule has 0 radical (unpaired) electrons. The first-order valence-electron chi connectivity index (χ1n) is 6.90. The van der Waals surface area contributed by atoms with Crippen molar-refractivity contribution in [2.75, 3.05) is 6.54 Å². The van der Waals surface area contributed by atoms with Gasteiger partial charge < -0.3 is 5.32 Å². The Bertz CT molecular complexity index is 402. The third-order valence-electron chi connectivity index (χ3n) is 4.08. The van der Waals surface area contributed by atoms with E-state index in [2.05, 4.69) is 36.5 Å². The van der Waals surface area contributed by atoms with E-state index >= 15 is 0 Å². The minimum Gasteiger partial charge on any atom is -0.356 e. The molecule has 1 aromatic carbocycles. The quantitative estimate of drug-likeness (QED) is 0.867. The zero-order valence-corrected chi connectivity index (χ0v) is 11.5. The first-order chi connectivity index (χ1) is 8.60. The minimum absolute atomic E-state index is 0.0881. The molecule has 18 heavy (non-hydrogen) atoms. The molecule has 1 aliphatic carbocycles. The fourth-order valence-corrected chi connectivity index (χ4v) is 2.99. The van der Waals surface area contributed by atoms with E-state index in [-0.39, 0.29) is 5.91 Å². The van der Waals surface area contributed by atoms with Crippen LogP contribution < -0.4 is 5.32 Å². The second-order valence-corrected chi connectivity index (χ2v) is 5.78. The van der Waals surface area contributed by atoms with E-state index < -0.39 is 0 Å². The molecule has 0 heterocycles. The highest BCUT2D eigenvalue weighted by Crippen LogP contribution is 2.40. The van der Waals surface area contributed by atoms with Gasteiger partial charge in [-0.2, -0.15) is 0 Å². The SMILES string of the molecule is CC(=O)NCC1(Cc2ccc(C)cc2)CCCC1. The van der Waals surface area contributed by atoms with Crippen LogP contribution in [0.4, 0.5) is 0 Å². The normalized spacial score (nSPS) is 17.7. The fourth-order valence-electron chi connectivity index (χ4n) is 2.99. The molecule has 0 atom stereocenters. The smallest absolute Gasteiger partial charge is 0.216 e. The third kappa shape index (κ3) is 3.34. The lowest BCUT2D eigenvalue weighted by Gasteiger charge is -2.29. The van der Waals surface area contributed by atoms with Gasteiger partial charge in [-0.15, -0.1) is 0 Å². The number of carbonyl (C=O) groups excluding carboxylic acids is 1. The molecule has 0 unspecified atom stereocenters. The van der Waals surface area contributed by atoms with Crippen LogP contribution in [0.1, 0.15) is 43.7 Å². The number of rotatable bonds is 4. The standard InChI is InChI=1S/C16H23NO/c1-13-5-7-15(8-6-13)11-16(9-3-4-10-16)12-17-14(2)18/h5-8H,3-4,9-12H2,1-2H3,(H,17,18). The summed E-state index contributed by atoms with van der Waals surface area (Å²) in [5.74, 6) is 0.0881. The molecule has 0 bridgehead atoms. The Labute approximate surface area is 110 Å². The van der Waals surface area contributed by atoms with Crippen LogP contribution in [-0.4, -0.2) is 12.5 Å². The summed E-state index contributed by atoms with van der Waals surface area (Å²) in [5.41, 5.74) is 3.00. The molecule has 0 aliphatic heterocycles. The van der Waals surface area contributed by atoms with Crippen LogP contribution >= 0.6 is 0 Å². The van der Waals surface area contributed by atoms with Gasteiger partial charge in [0.25, 0.3) is 0 Å². The summed E-state index contributed by atoms with van der Waals surface area (Å²) >= 11 is 0. The summed E-state index contributed by atoms with van der Waals surface area (Å²) < 4.78 is 0. The van der Waals surface area contributed by atoms with E-state index in [0.29, 0.717) is 5.41 Å². The van der Waals surface area contributed by atoms with Crippen molar-refractivity contribution in [2.45, 2.75) is 46.0 Å². The lowest BCUT2D eigenvalue weighted by atomic mass is 9.80. The molecule has 1 aliphatic rings. The van der Waals surface area contributed by atoms with E-state index in [9.17, 15) is 4.79 Å². The zero-order chi connectivity index (χ0) is 13.0. The summed E-state index contributed by atoms with van der Waals surface area (Å²) in [6.07, 6.45) is 6.16. The van der Waals surface area contributed by atoms with E-state index in [0.717, 1.165) is 13.0 Å². The number of hydrogen-bond donors (Lipinski definition) is 1. The van der Waals surface area contributed by atoms with Crippen molar-refractivity contribution in [3.05, 3.63) is 35.4 Å². The Morgan fingerprint density at radius 3 is 2.39 bits per heavy atom. The Hall–Kier alpha value is -1.31. The van der Waals surface area contributed by atoms with E-state index in [4.69, 9.17) is 0 Å². The minimum atomic E-state index is 0.0881. The first-order valence-corrected chi connectivity index (χ1v) is 6.90. The molecule has 1 amide bonds. The van der Waals surface area contributed by atoms with Crippen molar-refractivity contribution in [3.63, 3.8) is 0 Å². The van der Waals surface area contributed by atoms with Crippen LogP contribution in [0.3, 0.4) is 0 Å². The Morgan fingerprint density at radius 2 is 1.83 bits per heavy atom. The summed E-state index contributed by atoms with van der Waals surface area (Å²) in [7, 11) is 0. The first kappa shape index (κ1) is 13.1. The Kier molecular flexibility index (Phi) is 4.05. The van der Waals surface area contributed by atoms with Gasteiger partial charge in [-0.1, -0.05) is 42.7 Å². The molecule has 1 aromatic rings. The van der Waals surface area contributed by atoms with Crippen LogP contribution in [0.5, 0.6) is 0 Å². The molecule has 1 N–H and O–H groups in total. The van der Waals surface area contributed by atoms with Gasteiger partial charge in [-0.3, -0.25) is 4.79 Å². The lowest BCUT2D eigenvalue weighted by Crippen LogP contribution is -2.36. The molecule has 0 saturated heterocycles. The van der Waals surface area contributed by atoms with Gasteiger partial charge in [0, 0.05) is 13.5 Å². The molecular weight excluding hydrogens is 222 g/mol. The summed E-state index contributed by atoms with van der Waals surface area (Å²) in [6.45, 7) is 4.55. The topological polar surface area (TPSA) is 29.1 Å². The maximum atomic E-state index is 11.1. The van der Waals surface area contributed by atoms with Gasteiger partial charge >= 0.3 is 0 Å². The summed E-state index contributed by atoms with van der Waals surface area (Å²) in [6, 6.07) is 8.80. The monoisotopic (exact) mass is 245 g/mol. The van der Waals surface area contributed by atoms with Crippen LogP contribution in [0.25, 0.3) is 0 Å². The average molecular weight is 245 g/mol. The summed E-state index contributed by atoms with van der Waals surface area (Å²) in [4.78, 5) is 11.1. The molecule has 2 rings (SSSR count). The molecule has 0 spiro atoms. The highest BCUT2D eigenvalue weighted by atomic mass is 16.1. The number of nitrogens with one attached hydrogen (secondary N) is 1. The highest BCUT2D eigenvalue weighted by Gasteiger charge is 2.33. The van der Waals surface area contributed by atoms with Crippen LogP contribution in [0.15, 0.2) is 24.3 Å². The highest BCUT2D eigenvalue weighted by molar-refractivity contribution is 5.72. The third-order valence-corrected chi connectivity index (χ3v) is 4.08. The molecular formula is C16H23NO. The van der Waals surface area contributed by atoms with Crippen LogP contribution in [0, 0.1) is 12.3 Å². The van der Waals surface area contributed by atoms with E-state index in [1.54, 1.807) is 6.92 Å². The number of aryl methyl sites for hydroxylation is 1. The van der Waals surface area contributed by atoms with Gasteiger partial charge in [-0.25, -0.2) is 0 Å². The van der Waals surface area contributed by atoms with Crippen molar-refractivity contribution < 1.29 is 4.79 Å². The molecule has 1 fully saturated rings. The average Bonchev–Trinajstić information content (AvgIpc) is 2.79. The number of carbonyl (C=O) groups is 1. The lowest BCUT2D eigenvalue weighted by molar-refractivity contribution is -0.119. The van der Waals surface area contributed by atoms with Crippen molar-refractivity contribution in [1.29, 1.82) is 0 Å². The van der Waals surface area contributed by atoms with Gasteiger partial charge in [0.05, 0.1) is 0 Å². The Balaban J connectivity index is 2.05. The molecule has 2 nitrogen and oxygen atoms in total. The predicted molar refractivity (Wildman–Crippen MR) is 74.5 cm³/mol. The van der Waals surface area contributed by atoms with E-state index in [1.807, 2.05) is 0 Å². The molecule has 0 aromatic heterocycles. The maximum absolute atomic E-state index is 11.1. The van der Waals surface area contributed by atoms with Crippen LogP contribution in [-0.2, 0) is 11.2 Å². The van der Waals surface area contributed by atoms with E-state index in [1.165, 1.54) is 36.8 Å². The van der Waals surface area contributed by atoms with Crippen molar-refractivity contribution in [3.8, 4) is 0 Å².